The first-order chi connectivity index (χ1) is 12.3. The highest BCUT2D eigenvalue weighted by molar-refractivity contribution is 6.30. The average Bonchev–Trinajstić information content (AvgIpc) is 2.61. The van der Waals surface area contributed by atoms with Gasteiger partial charge in [0.05, 0.1) is 23.3 Å². The topological polar surface area (TPSA) is 108 Å². The van der Waals surface area contributed by atoms with Gasteiger partial charge in [-0.3, -0.25) is 14.9 Å². The van der Waals surface area contributed by atoms with Crippen molar-refractivity contribution in [1.29, 1.82) is 0 Å². The lowest BCUT2D eigenvalue weighted by atomic mass is 10.2. The monoisotopic (exact) mass is 378 g/mol. The Morgan fingerprint density at radius 2 is 1.85 bits per heavy atom. The first-order valence-electron chi connectivity index (χ1n) is 7.41. The van der Waals surface area contributed by atoms with Crippen molar-refractivity contribution in [2.24, 2.45) is 0 Å². The number of hydrogen-bond acceptors (Lipinski definition) is 6. The van der Waals surface area contributed by atoms with Crippen LogP contribution in [0.1, 0.15) is 17.3 Å². The van der Waals surface area contributed by atoms with Crippen LogP contribution in [0, 0.1) is 10.1 Å². The van der Waals surface area contributed by atoms with Gasteiger partial charge in [-0.05, 0) is 37.3 Å². The molecular weight excluding hydrogens is 364 g/mol. The van der Waals surface area contributed by atoms with Crippen LogP contribution >= 0.6 is 11.6 Å². The van der Waals surface area contributed by atoms with Crippen LogP contribution in [0.15, 0.2) is 42.5 Å². The minimum Gasteiger partial charge on any atom is -0.495 e. The van der Waals surface area contributed by atoms with Crippen LogP contribution in [0.5, 0.6) is 5.75 Å². The zero-order valence-corrected chi connectivity index (χ0v) is 14.6. The summed E-state index contributed by atoms with van der Waals surface area (Å²) in [5.74, 6) is -1.12. The molecule has 1 amide bonds. The Labute approximate surface area is 153 Å². The van der Waals surface area contributed by atoms with Gasteiger partial charge in [0.2, 0.25) is 0 Å². The number of nitrogens with zero attached hydrogens (tertiary/aromatic N) is 1. The lowest BCUT2D eigenvalue weighted by Crippen LogP contribution is -2.30. The molecule has 0 saturated carbocycles. The van der Waals surface area contributed by atoms with Crippen molar-refractivity contribution in [3.8, 4) is 5.75 Å². The number of nitrogens with one attached hydrogen (secondary N) is 1. The Morgan fingerprint density at radius 1 is 1.19 bits per heavy atom. The molecule has 0 heterocycles. The van der Waals surface area contributed by atoms with E-state index in [4.69, 9.17) is 21.1 Å². The van der Waals surface area contributed by atoms with Gasteiger partial charge in [-0.1, -0.05) is 11.6 Å². The third kappa shape index (κ3) is 4.70. The number of halogens is 1. The number of rotatable bonds is 6. The number of methoxy groups -OCH3 is 1. The van der Waals surface area contributed by atoms with Crippen LogP contribution in [0.4, 0.5) is 11.4 Å². The van der Waals surface area contributed by atoms with Gasteiger partial charge in [0, 0.05) is 17.2 Å². The highest BCUT2D eigenvalue weighted by Gasteiger charge is 2.21. The molecule has 0 aliphatic carbocycles. The molecule has 0 radical (unpaired) electrons. The lowest BCUT2D eigenvalue weighted by molar-refractivity contribution is -0.384. The van der Waals surface area contributed by atoms with Crippen LogP contribution in [-0.2, 0) is 9.53 Å². The van der Waals surface area contributed by atoms with E-state index in [1.165, 1.54) is 50.4 Å². The summed E-state index contributed by atoms with van der Waals surface area (Å²) in [5, 5.41) is 13.8. The van der Waals surface area contributed by atoms with Crippen LogP contribution < -0.4 is 10.1 Å². The molecule has 0 aliphatic heterocycles. The van der Waals surface area contributed by atoms with E-state index in [0.717, 1.165) is 6.07 Å². The standard InChI is InChI=1S/C17H15ClN2O6/c1-10(26-17(22)11-3-5-12(18)6-4-11)16(21)19-14-9-13(20(23)24)7-8-15(14)25-2/h3-10H,1-2H3,(H,19,21)/t10-/m0/s1. The SMILES string of the molecule is COc1ccc([N+](=O)[O-])cc1NC(=O)[C@H](C)OC(=O)c1ccc(Cl)cc1. The van der Waals surface area contributed by atoms with Gasteiger partial charge in [0.25, 0.3) is 11.6 Å². The largest absolute Gasteiger partial charge is 0.495 e. The van der Waals surface area contributed by atoms with Crippen molar-refractivity contribution in [2.75, 3.05) is 12.4 Å². The summed E-state index contributed by atoms with van der Waals surface area (Å²) in [5.41, 5.74) is 0.120. The normalized spacial score (nSPS) is 11.3. The van der Waals surface area contributed by atoms with Crippen LogP contribution in [0.3, 0.4) is 0 Å². The summed E-state index contributed by atoms with van der Waals surface area (Å²) >= 11 is 5.75. The number of non-ortho nitro benzene ring substituents is 1. The second-order valence-electron chi connectivity index (χ2n) is 5.19. The summed E-state index contributed by atoms with van der Waals surface area (Å²) < 4.78 is 10.2. The van der Waals surface area contributed by atoms with Gasteiger partial charge >= 0.3 is 5.97 Å². The van der Waals surface area contributed by atoms with Crippen molar-refractivity contribution in [3.05, 3.63) is 63.2 Å². The van der Waals surface area contributed by atoms with Crippen molar-refractivity contribution in [1.82, 2.24) is 0 Å². The molecule has 136 valence electrons. The van der Waals surface area contributed by atoms with Gasteiger partial charge in [-0.2, -0.15) is 0 Å². The number of esters is 1. The zero-order chi connectivity index (χ0) is 19.3. The number of amides is 1. The number of ether oxygens (including phenoxy) is 2. The number of nitro groups is 1. The first-order valence-corrected chi connectivity index (χ1v) is 7.79. The maximum Gasteiger partial charge on any atom is 0.338 e. The molecule has 2 aromatic rings. The van der Waals surface area contributed by atoms with E-state index >= 15 is 0 Å². The molecule has 0 bridgehead atoms. The van der Waals surface area contributed by atoms with Crippen molar-refractivity contribution >= 4 is 34.9 Å². The fourth-order valence-corrected chi connectivity index (χ4v) is 2.14. The predicted molar refractivity (Wildman–Crippen MR) is 94.6 cm³/mol. The highest BCUT2D eigenvalue weighted by Crippen LogP contribution is 2.29. The van der Waals surface area contributed by atoms with Gasteiger partial charge in [0.1, 0.15) is 5.75 Å². The van der Waals surface area contributed by atoms with Crippen molar-refractivity contribution in [3.63, 3.8) is 0 Å². The Kier molecular flexibility index (Phi) is 6.13. The molecule has 1 atom stereocenters. The van der Waals surface area contributed by atoms with E-state index in [2.05, 4.69) is 5.32 Å². The number of carbonyl (C=O) groups is 2. The van der Waals surface area contributed by atoms with Crippen LogP contribution in [0.2, 0.25) is 5.02 Å². The molecule has 0 saturated heterocycles. The molecule has 2 rings (SSSR count). The molecule has 8 nitrogen and oxygen atoms in total. The lowest BCUT2D eigenvalue weighted by Gasteiger charge is -2.15. The molecule has 1 N–H and O–H groups in total. The molecule has 9 heteroatoms. The number of hydrogen-bond donors (Lipinski definition) is 1. The van der Waals surface area contributed by atoms with Gasteiger partial charge < -0.3 is 14.8 Å². The molecule has 0 aliphatic rings. The molecule has 0 unspecified atom stereocenters. The molecule has 0 fully saturated rings. The molecular formula is C17H15ClN2O6. The smallest absolute Gasteiger partial charge is 0.338 e. The van der Waals surface area contributed by atoms with E-state index in [9.17, 15) is 19.7 Å². The summed E-state index contributed by atoms with van der Waals surface area (Å²) in [6.45, 7) is 1.38. The maximum atomic E-state index is 12.2. The van der Waals surface area contributed by atoms with Crippen LogP contribution in [0.25, 0.3) is 0 Å². The first kappa shape index (κ1) is 19.2. The second kappa shape index (κ2) is 8.30. The van der Waals surface area contributed by atoms with Gasteiger partial charge in [-0.25, -0.2) is 4.79 Å². The van der Waals surface area contributed by atoms with Crippen molar-refractivity contribution < 1.29 is 24.0 Å². The van der Waals surface area contributed by atoms with Gasteiger partial charge in [0.15, 0.2) is 6.10 Å². The summed E-state index contributed by atoms with van der Waals surface area (Å²) in [6, 6.07) is 9.76. The second-order valence-corrected chi connectivity index (χ2v) is 5.62. The Hall–Kier alpha value is -3.13. The van der Waals surface area contributed by atoms with Crippen LogP contribution in [-0.4, -0.2) is 30.0 Å². The Balaban J connectivity index is 2.09. The van der Waals surface area contributed by atoms with E-state index in [0.29, 0.717) is 5.02 Å². The zero-order valence-electron chi connectivity index (χ0n) is 13.9. The van der Waals surface area contributed by atoms with Crippen molar-refractivity contribution in [2.45, 2.75) is 13.0 Å². The third-order valence-corrected chi connectivity index (χ3v) is 3.64. The predicted octanol–water partition coefficient (Wildman–Crippen LogP) is 3.44. The van der Waals surface area contributed by atoms with E-state index in [1.54, 1.807) is 0 Å². The fraction of sp³-hybridized carbons (Fsp3) is 0.176. The molecule has 2 aromatic carbocycles. The number of benzene rings is 2. The third-order valence-electron chi connectivity index (χ3n) is 3.38. The Bertz CT molecular complexity index is 838. The summed E-state index contributed by atoms with van der Waals surface area (Å²) in [7, 11) is 1.36. The van der Waals surface area contributed by atoms with E-state index in [-0.39, 0.29) is 22.7 Å². The molecule has 0 aromatic heterocycles. The maximum absolute atomic E-state index is 12.2. The van der Waals surface area contributed by atoms with Gasteiger partial charge in [-0.15, -0.1) is 0 Å². The summed E-state index contributed by atoms with van der Waals surface area (Å²) in [6.07, 6.45) is -1.14. The minimum atomic E-state index is -1.14. The molecule has 26 heavy (non-hydrogen) atoms. The minimum absolute atomic E-state index is 0.0982. The highest BCUT2D eigenvalue weighted by atomic mass is 35.5. The number of nitro benzene ring substituents is 1. The van der Waals surface area contributed by atoms with E-state index in [1.807, 2.05) is 0 Å². The summed E-state index contributed by atoms with van der Waals surface area (Å²) in [4.78, 5) is 34.6. The fourth-order valence-electron chi connectivity index (χ4n) is 2.01. The molecule has 0 spiro atoms. The quantitative estimate of drug-likeness (QED) is 0.468. The number of anilines is 1. The van der Waals surface area contributed by atoms with E-state index < -0.39 is 22.9 Å². The average molecular weight is 379 g/mol. The Morgan fingerprint density at radius 3 is 2.42 bits per heavy atom. The number of carbonyl (C=O) groups excluding carboxylic acids is 2.